The lowest BCUT2D eigenvalue weighted by atomic mass is 10.1. The Morgan fingerprint density at radius 3 is 2.62 bits per heavy atom. The van der Waals surface area contributed by atoms with Gasteiger partial charge in [0.15, 0.2) is 0 Å². The lowest BCUT2D eigenvalue weighted by molar-refractivity contribution is 0.990. The van der Waals surface area contributed by atoms with Crippen molar-refractivity contribution in [2.45, 2.75) is 6.54 Å². The molecule has 0 aliphatic heterocycles. The minimum Gasteiger partial charge on any atom is -0.380 e. The van der Waals surface area contributed by atoms with E-state index in [4.69, 9.17) is 5.26 Å². The van der Waals surface area contributed by atoms with Crippen LogP contribution in [0.15, 0.2) is 61.3 Å². The molecule has 0 saturated carbocycles. The van der Waals surface area contributed by atoms with Gasteiger partial charge in [-0.1, -0.05) is 12.1 Å². The zero-order valence-electron chi connectivity index (χ0n) is 11.3. The van der Waals surface area contributed by atoms with Gasteiger partial charge in [0.05, 0.1) is 23.5 Å². The normalized spacial score (nSPS) is 10.0. The molecule has 3 aromatic rings. The summed E-state index contributed by atoms with van der Waals surface area (Å²) in [6.07, 6.45) is 7.08. The maximum Gasteiger partial charge on any atom is 0.137 e. The highest BCUT2D eigenvalue weighted by Crippen LogP contribution is 2.11. The van der Waals surface area contributed by atoms with E-state index in [0.29, 0.717) is 12.1 Å². The third-order valence-electron chi connectivity index (χ3n) is 3.10. The molecule has 0 spiro atoms. The summed E-state index contributed by atoms with van der Waals surface area (Å²) in [4.78, 5) is 8.37. The predicted octanol–water partition coefficient (Wildman–Crippen LogP) is 2.75. The van der Waals surface area contributed by atoms with Crippen LogP contribution in [0.3, 0.4) is 0 Å². The highest BCUT2D eigenvalue weighted by Gasteiger charge is 1.99. The van der Waals surface area contributed by atoms with E-state index in [0.717, 1.165) is 17.1 Å². The van der Waals surface area contributed by atoms with Crippen molar-refractivity contribution >= 4 is 5.69 Å². The molecular weight excluding hydrogens is 262 g/mol. The minimum atomic E-state index is 0.671. The van der Waals surface area contributed by atoms with Crippen LogP contribution in [0.2, 0.25) is 0 Å². The van der Waals surface area contributed by atoms with Crippen molar-refractivity contribution in [3.8, 4) is 11.9 Å². The summed E-state index contributed by atoms with van der Waals surface area (Å²) in [5.74, 6) is 0.830. The fourth-order valence-corrected chi connectivity index (χ4v) is 1.94. The fourth-order valence-electron chi connectivity index (χ4n) is 1.94. The number of imidazole rings is 1. The van der Waals surface area contributed by atoms with Crippen LogP contribution in [-0.4, -0.2) is 14.5 Å². The van der Waals surface area contributed by atoms with Crippen LogP contribution >= 0.6 is 0 Å². The molecule has 1 aromatic carbocycles. The molecule has 0 bridgehead atoms. The van der Waals surface area contributed by atoms with Crippen LogP contribution in [0, 0.1) is 11.3 Å². The molecule has 2 heterocycles. The fraction of sp³-hybridized carbons (Fsp3) is 0.0625. The summed E-state index contributed by atoms with van der Waals surface area (Å²) >= 11 is 0. The second-order valence-electron chi connectivity index (χ2n) is 4.54. The summed E-state index contributed by atoms with van der Waals surface area (Å²) in [6, 6.07) is 13.5. The van der Waals surface area contributed by atoms with E-state index in [9.17, 15) is 0 Å². The molecule has 0 aliphatic rings. The SMILES string of the molecule is N#Cc1ccc(CNc2ccc(-n3ccnc3)nc2)cc1. The van der Waals surface area contributed by atoms with Crippen molar-refractivity contribution in [3.63, 3.8) is 0 Å². The van der Waals surface area contributed by atoms with Gasteiger partial charge < -0.3 is 5.32 Å². The number of hydrogen-bond donors (Lipinski definition) is 1. The van der Waals surface area contributed by atoms with E-state index in [1.807, 2.05) is 47.2 Å². The molecule has 102 valence electrons. The molecule has 0 saturated heterocycles. The van der Waals surface area contributed by atoms with Crippen LogP contribution in [0.1, 0.15) is 11.1 Å². The zero-order chi connectivity index (χ0) is 14.5. The summed E-state index contributed by atoms with van der Waals surface area (Å²) in [5.41, 5.74) is 2.74. The molecule has 0 aliphatic carbocycles. The average molecular weight is 275 g/mol. The molecule has 1 N–H and O–H groups in total. The molecule has 0 fully saturated rings. The lowest BCUT2D eigenvalue weighted by Crippen LogP contribution is -2.01. The Kier molecular flexibility index (Phi) is 3.61. The Bertz CT molecular complexity index is 737. The van der Waals surface area contributed by atoms with E-state index < -0.39 is 0 Å². The Morgan fingerprint density at radius 1 is 1.14 bits per heavy atom. The van der Waals surface area contributed by atoms with Crippen LogP contribution in [-0.2, 0) is 6.54 Å². The lowest BCUT2D eigenvalue weighted by Gasteiger charge is -2.07. The van der Waals surface area contributed by atoms with Gasteiger partial charge in [0.2, 0.25) is 0 Å². The molecule has 2 aromatic heterocycles. The first-order chi connectivity index (χ1) is 10.3. The monoisotopic (exact) mass is 275 g/mol. The molecule has 0 amide bonds. The maximum atomic E-state index is 8.76. The molecule has 0 unspecified atom stereocenters. The average Bonchev–Trinajstić information content (AvgIpc) is 3.08. The van der Waals surface area contributed by atoms with Crippen molar-refractivity contribution in [2.75, 3.05) is 5.32 Å². The molecule has 5 heteroatoms. The number of hydrogen-bond acceptors (Lipinski definition) is 4. The van der Waals surface area contributed by atoms with Crippen molar-refractivity contribution in [1.29, 1.82) is 5.26 Å². The minimum absolute atomic E-state index is 0.671. The van der Waals surface area contributed by atoms with Gasteiger partial charge in [-0.25, -0.2) is 9.97 Å². The number of rotatable bonds is 4. The Balaban J connectivity index is 1.64. The van der Waals surface area contributed by atoms with Gasteiger partial charge in [-0.3, -0.25) is 4.57 Å². The van der Waals surface area contributed by atoms with E-state index in [1.165, 1.54) is 0 Å². The van der Waals surface area contributed by atoms with Gasteiger partial charge in [-0.2, -0.15) is 5.26 Å². The topological polar surface area (TPSA) is 66.5 Å². The molecule has 5 nitrogen and oxygen atoms in total. The van der Waals surface area contributed by atoms with Crippen LogP contribution in [0.4, 0.5) is 5.69 Å². The standard InChI is InChI=1S/C16H13N5/c17-9-13-1-3-14(4-2-13)10-19-15-5-6-16(20-11-15)21-8-7-18-12-21/h1-8,11-12,19H,10H2. The number of nitriles is 1. The molecule has 3 rings (SSSR count). The van der Waals surface area contributed by atoms with Gasteiger partial charge in [-0.05, 0) is 29.8 Å². The first-order valence-corrected chi connectivity index (χ1v) is 6.52. The number of nitrogens with one attached hydrogen (secondary N) is 1. The van der Waals surface area contributed by atoms with E-state index in [2.05, 4.69) is 21.4 Å². The molecular formula is C16H13N5. The first kappa shape index (κ1) is 12.9. The second kappa shape index (κ2) is 5.88. The number of pyridine rings is 1. The van der Waals surface area contributed by atoms with Crippen molar-refractivity contribution in [2.24, 2.45) is 0 Å². The summed E-state index contributed by atoms with van der Waals surface area (Å²) < 4.78 is 1.85. The van der Waals surface area contributed by atoms with E-state index in [-0.39, 0.29) is 0 Å². The highest BCUT2D eigenvalue weighted by molar-refractivity contribution is 5.44. The Morgan fingerprint density at radius 2 is 2.00 bits per heavy atom. The maximum absolute atomic E-state index is 8.76. The molecule has 0 atom stereocenters. The van der Waals surface area contributed by atoms with Gasteiger partial charge >= 0.3 is 0 Å². The van der Waals surface area contributed by atoms with Crippen molar-refractivity contribution in [3.05, 3.63) is 72.4 Å². The number of anilines is 1. The number of benzene rings is 1. The van der Waals surface area contributed by atoms with Crippen molar-refractivity contribution in [1.82, 2.24) is 14.5 Å². The third-order valence-corrected chi connectivity index (χ3v) is 3.10. The number of aromatic nitrogens is 3. The largest absolute Gasteiger partial charge is 0.380 e. The summed E-state index contributed by atoms with van der Waals surface area (Å²) in [5, 5.41) is 12.1. The van der Waals surface area contributed by atoms with Crippen molar-refractivity contribution < 1.29 is 0 Å². The first-order valence-electron chi connectivity index (χ1n) is 6.52. The summed E-state index contributed by atoms with van der Waals surface area (Å²) in [7, 11) is 0. The number of nitrogens with zero attached hydrogens (tertiary/aromatic N) is 4. The van der Waals surface area contributed by atoms with Gasteiger partial charge in [-0.15, -0.1) is 0 Å². The van der Waals surface area contributed by atoms with Crippen LogP contribution in [0.5, 0.6) is 0 Å². The second-order valence-corrected chi connectivity index (χ2v) is 4.54. The van der Waals surface area contributed by atoms with Gasteiger partial charge in [0.25, 0.3) is 0 Å². The van der Waals surface area contributed by atoms with Crippen LogP contribution in [0.25, 0.3) is 5.82 Å². The molecule has 0 radical (unpaired) electrons. The quantitative estimate of drug-likeness (QED) is 0.795. The van der Waals surface area contributed by atoms with E-state index >= 15 is 0 Å². The molecule has 21 heavy (non-hydrogen) atoms. The smallest absolute Gasteiger partial charge is 0.137 e. The van der Waals surface area contributed by atoms with Gasteiger partial charge in [0.1, 0.15) is 12.1 Å². The van der Waals surface area contributed by atoms with Crippen LogP contribution < -0.4 is 5.32 Å². The predicted molar refractivity (Wildman–Crippen MR) is 79.8 cm³/mol. The highest BCUT2D eigenvalue weighted by atomic mass is 15.1. The zero-order valence-corrected chi connectivity index (χ0v) is 11.3. The van der Waals surface area contributed by atoms with Gasteiger partial charge in [0, 0.05) is 18.9 Å². The van der Waals surface area contributed by atoms with E-state index in [1.54, 1.807) is 18.7 Å². The Hall–Kier alpha value is -3.13. The summed E-state index contributed by atoms with van der Waals surface area (Å²) in [6.45, 7) is 0.692. The Labute approximate surface area is 122 Å². The third kappa shape index (κ3) is 3.07.